The van der Waals surface area contributed by atoms with Crippen LogP contribution >= 0.6 is 0 Å². The molecular weight excluding hydrogens is 290 g/mol. The molecule has 5 heteroatoms. The van der Waals surface area contributed by atoms with Gasteiger partial charge in [0, 0.05) is 39.3 Å². The first-order valence-corrected chi connectivity index (χ1v) is 8.47. The Labute approximate surface area is 139 Å². The summed E-state index contributed by atoms with van der Waals surface area (Å²) < 4.78 is 5.72. The van der Waals surface area contributed by atoms with Crippen LogP contribution in [-0.2, 0) is 4.79 Å². The molecular formula is C18H29N3O2. The second-order valence-electron chi connectivity index (χ2n) is 6.26. The molecule has 1 aliphatic rings. The summed E-state index contributed by atoms with van der Waals surface area (Å²) in [6.45, 7) is 10.9. The average molecular weight is 319 g/mol. The van der Waals surface area contributed by atoms with Crippen LogP contribution in [0.3, 0.4) is 0 Å². The van der Waals surface area contributed by atoms with Gasteiger partial charge in [0.15, 0.2) is 0 Å². The van der Waals surface area contributed by atoms with Gasteiger partial charge in [0.2, 0.25) is 5.91 Å². The average Bonchev–Trinajstić information content (AvgIpc) is 2.55. The Morgan fingerprint density at radius 2 is 1.87 bits per heavy atom. The first-order chi connectivity index (χ1) is 11.0. The number of likely N-dealkylation sites (N-methyl/N-ethyl adjacent to an activating group) is 1. The van der Waals surface area contributed by atoms with E-state index in [-0.39, 0.29) is 11.9 Å². The molecule has 0 unspecified atom stereocenters. The molecule has 0 aromatic heterocycles. The van der Waals surface area contributed by atoms with Crippen molar-refractivity contribution in [1.82, 2.24) is 9.80 Å². The summed E-state index contributed by atoms with van der Waals surface area (Å²) in [7, 11) is 1.88. The lowest BCUT2D eigenvalue weighted by Gasteiger charge is -2.37. The van der Waals surface area contributed by atoms with Crippen LogP contribution in [0, 0.1) is 0 Å². The zero-order chi connectivity index (χ0) is 16.8. The number of piperazine rings is 1. The van der Waals surface area contributed by atoms with Gasteiger partial charge in [-0.3, -0.25) is 9.69 Å². The van der Waals surface area contributed by atoms with Gasteiger partial charge in [-0.05, 0) is 32.9 Å². The van der Waals surface area contributed by atoms with Crippen molar-refractivity contribution >= 4 is 11.6 Å². The molecule has 0 bridgehead atoms. The van der Waals surface area contributed by atoms with Gasteiger partial charge < -0.3 is 14.5 Å². The third-order valence-corrected chi connectivity index (χ3v) is 4.40. The number of ether oxygens (including phenoxy) is 1. The summed E-state index contributed by atoms with van der Waals surface area (Å²) in [6, 6.07) is 8.43. The van der Waals surface area contributed by atoms with Crippen molar-refractivity contribution in [2.45, 2.75) is 26.8 Å². The van der Waals surface area contributed by atoms with Crippen molar-refractivity contribution in [2.24, 2.45) is 0 Å². The highest BCUT2D eigenvalue weighted by atomic mass is 16.5. The Kier molecular flexibility index (Phi) is 6.28. The van der Waals surface area contributed by atoms with E-state index in [4.69, 9.17) is 4.74 Å². The van der Waals surface area contributed by atoms with E-state index >= 15 is 0 Å². The molecule has 0 spiro atoms. The Morgan fingerprint density at radius 3 is 2.48 bits per heavy atom. The zero-order valence-electron chi connectivity index (χ0n) is 14.8. The monoisotopic (exact) mass is 319 g/mol. The van der Waals surface area contributed by atoms with E-state index in [1.54, 1.807) is 0 Å². The SMILES string of the molecule is CCOc1ccccc1N1CCN(CC(=O)N(C)C(C)C)CC1. The van der Waals surface area contributed by atoms with E-state index in [9.17, 15) is 4.79 Å². The number of para-hydroxylation sites is 2. The zero-order valence-corrected chi connectivity index (χ0v) is 14.8. The summed E-state index contributed by atoms with van der Waals surface area (Å²) in [5.74, 6) is 1.14. The highest BCUT2D eigenvalue weighted by Gasteiger charge is 2.22. The van der Waals surface area contributed by atoms with Crippen LogP contribution in [0.15, 0.2) is 24.3 Å². The second-order valence-corrected chi connectivity index (χ2v) is 6.26. The molecule has 1 aromatic carbocycles. The topological polar surface area (TPSA) is 36.0 Å². The van der Waals surface area contributed by atoms with Gasteiger partial charge in [-0.2, -0.15) is 0 Å². The van der Waals surface area contributed by atoms with Crippen LogP contribution in [0.25, 0.3) is 0 Å². The molecule has 1 aliphatic heterocycles. The van der Waals surface area contributed by atoms with Crippen LogP contribution in [0.1, 0.15) is 20.8 Å². The third kappa shape index (κ3) is 4.61. The minimum absolute atomic E-state index is 0.197. The van der Waals surface area contributed by atoms with Gasteiger partial charge >= 0.3 is 0 Å². The summed E-state index contributed by atoms with van der Waals surface area (Å²) in [5.41, 5.74) is 1.15. The van der Waals surface area contributed by atoms with E-state index in [1.165, 1.54) is 0 Å². The molecule has 0 aliphatic carbocycles. The third-order valence-electron chi connectivity index (χ3n) is 4.40. The van der Waals surface area contributed by atoms with Crippen LogP contribution < -0.4 is 9.64 Å². The van der Waals surface area contributed by atoms with Crippen LogP contribution in [0.5, 0.6) is 5.75 Å². The van der Waals surface area contributed by atoms with Gasteiger partial charge in [0.05, 0.1) is 18.8 Å². The van der Waals surface area contributed by atoms with E-state index in [1.807, 2.05) is 50.9 Å². The maximum Gasteiger partial charge on any atom is 0.236 e. The number of carbonyl (C=O) groups is 1. The summed E-state index contributed by atoms with van der Waals surface area (Å²) in [6.07, 6.45) is 0. The van der Waals surface area contributed by atoms with Crippen molar-refractivity contribution in [3.8, 4) is 5.75 Å². The fourth-order valence-electron chi connectivity index (χ4n) is 2.73. The maximum absolute atomic E-state index is 12.2. The van der Waals surface area contributed by atoms with Crippen molar-refractivity contribution in [1.29, 1.82) is 0 Å². The van der Waals surface area contributed by atoms with Crippen molar-refractivity contribution in [3.63, 3.8) is 0 Å². The van der Waals surface area contributed by atoms with Gasteiger partial charge in [-0.15, -0.1) is 0 Å². The Morgan fingerprint density at radius 1 is 1.22 bits per heavy atom. The maximum atomic E-state index is 12.2. The lowest BCUT2D eigenvalue weighted by atomic mass is 10.2. The smallest absolute Gasteiger partial charge is 0.236 e. The largest absolute Gasteiger partial charge is 0.492 e. The van der Waals surface area contributed by atoms with E-state index < -0.39 is 0 Å². The number of nitrogens with zero attached hydrogens (tertiary/aromatic N) is 3. The number of hydrogen-bond donors (Lipinski definition) is 0. The molecule has 0 saturated carbocycles. The molecule has 1 heterocycles. The Hall–Kier alpha value is -1.75. The molecule has 23 heavy (non-hydrogen) atoms. The molecule has 0 radical (unpaired) electrons. The summed E-state index contributed by atoms with van der Waals surface area (Å²) in [5, 5.41) is 0. The molecule has 5 nitrogen and oxygen atoms in total. The van der Waals surface area contributed by atoms with Gasteiger partial charge in [0.1, 0.15) is 5.75 Å². The number of benzene rings is 1. The van der Waals surface area contributed by atoms with E-state index in [2.05, 4.69) is 15.9 Å². The van der Waals surface area contributed by atoms with Gasteiger partial charge in [0.25, 0.3) is 0 Å². The van der Waals surface area contributed by atoms with Crippen molar-refractivity contribution in [3.05, 3.63) is 24.3 Å². The summed E-state index contributed by atoms with van der Waals surface area (Å²) >= 11 is 0. The molecule has 2 rings (SSSR count). The minimum Gasteiger partial charge on any atom is -0.492 e. The van der Waals surface area contributed by atoms with Gasteiger partial charge in [-0.25, -0.2) is 0 Å². The number of rotatable bonds is 6. The van der Waals surface area contributed by atoms with E-state index in [0.29, 0.717) is 13.2 Å². The number of carbonyl (C=O) groups excluding carboxylic acids is 1. The Balaban J connectivity index is 1.90. The van der Waals surface area contributed by atoms with Crippen LogP contribution in [0.4, 0.5) is 5.69 Å². The van der Waals surface area contributed by atoms with Crippen molar-refractivity contribution in [2.75, 3.05) is 51.3 Å². The minimum atomic E-state index is 0.197. The number of amides is 1. The highest BCUT2D eigenvalue weighted by molar-refractivity contribution is 5.78. The fraction of sp³-hybridized carbons (Fsp3) is 0.611. The molecule has 1 aromatic rings. The molecule has 0 atom stereocenters. The lowest BCUT2D eigenvalue weighted by Crippen LogP contribution is -2.50. The van der Waals surface area contributed by atoms with Crippen molar-refractivity contribution < 1.29 is 9.53 Å². The highest BCUT2D eigenvalue weighted by Crippen LogP contribution is 2.28. The van der Waals surface area contributed by atoms with E-state index in [0.717, 1.165) is 37.6 Å². The predicted octanol–water partition coefficient (Wildman–Crippen LogP) is 2.07. The molecule has 0 N–H and O–H groups in total. The first-order valence-electron chi connectivity index (χ1n) is 8.47. The molecule has 1 saturated heterocycles. The second kappa shape index (κ2) is 8.20. The number of hydrogen-bond acceptors (Lipinski definition) is 4. The number of anilines is 1. The molecule has 1 amide bonds. The quantitative estimate of drug-likeness (QED) is 0.804. The molecule has 1 fully saturated rings. The lowest BCUT2D eigenvalue weighted by molar-refractivity contribution is -0.132. The van der Waals surface area contributed by atoms with Crippen LogP contribution in [-0.4, -0.2) is 68.1 Å². The first kappa shape index (κ1) is 17.6. The standard InChI is InChI=1S/C18H29N3O2/c1-5-23-17-9-7-6-8-16(17)21-12-10-20(11-13-21)14-18(22)19(4)15(2)3/h6-9,15H,5,10-14H2,1-4H3. The van der Waals surface area contributed by atoms with Crippen LogP contribution in [0.2, 0.25) is 0 Å². The normalized spacial score (nSPS) is 15.8. The fourth-order valence-corrected chi connectivity index (χ4v) is 2.73. The summed E-state index contributed by atoms with van der Waals surface area (Å²) in [4.78, 5) is 18.6. The Bertz CT molecular complexity index is 511. The van der Waals surface area contributed by atoms with Gasteiger partial charge in [-0.1, -0.05) is 12.1 Å². The molecule has 128 valence electrons. The predicted molar refractivity (Wildman–Crippen MR) is 94.2 cm³/mol.